The molecule has 0 bridgehead atoms. The van der Waals surface area contributed by atoms with Crippen molar-refractivity contribution in [3.05, 3.63) is 66.2 Å². The number of likely N-dealkylation sites (tertiary alicyclic amines) is 1. The lowest BCUT2D eigenvalue weighted by molar-refractivity contribution is -0.139. The molecule has 2 saturated heterocycles. The van der Waals surface area contributed by atoms with Gasteiger partial charge in [-0.25, -0.2) is 0 Å². The third-order valence-electron chi connectivity index (χ3n) is 6.17. The zero-order valence-electron chi connectivity index (χ0n) is 18.0. The van der Waals surface area contributed by atoms with Gasteiger partial charge in [0.15, 0.2) is 0 Å². The van der Waals surface area contributed by atoms with Crippen LogP contribution in [0.1, 0.15) is 29.6 Å². The second-order valence-corrected chi connectivity index (χ2v) is 8.20. The highest BCUT2D eigenvalue weighted by molar-refractivity contribution is 5.97. The van der Waals surface area contributed by atoms with Crippen LogP contribution >= 0.6 is 0 Å². The van der Waals surface area contributed by atoms with Gasteiger partial charge in [0, 0.05) is 44.8 Å². The lowest BCUT2D eigenvalue weighted by Gasteiger charge is -2.40. The Morgan fingerprint density at radius 2 is 1.52 bits per heavy atom. The number of carbonyl (C=O) groups is 2. The summed E-state index contributed by atoms with van der Waals surface area (Å²) in [5.74, 6) is 0.955. The van der Waals surface area contributed by atoms with Crippen LogP contribution in [0.25, 0.3) is 0 Å². The van der Waals surface area contributed by atoms with Crippen LogP contribution in [0.5, 0.6) is 5.75 Å². The van der Waals surface area contributed by atoms with E-state index in [1.165, 1.54) is 0 Å². The van der Waals surface area contributed by atoms with Crippen molar-refractivity contribution in [1.82, 2.24) is 14.7 Å². The molecule has 1 atom stereocenters. The predicted octanol–water partition coefficient (Wildman–Crippen LogP) is 2.90. The molecule has 4 rings (SSSR count). The van der Waals surface area contributed by atoms with Gasteiger partial charge in [-0.3, -0.25) is 14.5 Å². The molecule has 6 heteroatoms. The van der Waals surface area contributed by atoms with Crippen LogP contribution < -0.4 is 4.74 Å². The number of ether oxygens (including phenoxy) is 1. The van der Waals surface area contributed by atoms with E-state index in [0.29, 0.717) is 31.8 Å². The molecule has 2 amide bonds. The van der Waals surface area contributed by atoms with Crippen molar-refractivity contribution in [2.75, 3.05) is 45.9 Å². The van der Waals surface area contributed by atoms with Gasteiger partial charge >= 0.3 is 0 Å². The minimum Gasteiger partial charge on any atom is -0.492 e. The Morgan fingerprint density at radius 3 is 2.23 bits per heavy atom. The van der Waals surface area contributed by atoms with Crippen molar-refractivity contribution in [2.24, 2.45) is 0 Å². The van der Waals surface area contributed by atoms with E-state index in [1.54, 1.807) is 4.90 Å². The molecule has 1 unspecified atom stereocenters. The smallest absolute Gasteiger partial charge is 0.254 e. The van der Waals surface area contributed by atoms with Crippen molar-refractivity contribution >= 4 is 11.8 Å². The minimum absolute atomic E-state index is 0.0321. The maximum Gasteiger partial charge on any atom is 0.254 e. The highest BCUT2D eigenvalue weighted by Gasteiger charge is 2.36. The molecule has 0 N–H and O–H groups in total. The highest BCUT2D eigenvalue weighted by atomic mass is 16.5. The number of para-hydroxylation sites is 1. The topological polar surface area (TPSA) is 53.1 Å². The monoisotopic (exact) mass is 421 g/mol. The SMILES string of the molecule is O=C(C1CCCCN1C(=O)c1ccccc1)N1CCN(CCOc2ccccc2)CC1. The van der Waals surface area contributed by atoms with E-state index in [4.69, 9.17) is 4.74 Å². The molecule has 6 nitrogen and oxygen atoms in total. The minimum atomic E-state index is -0.338. The summed E-state index contributed by atoms with van der Waals surface area (Å²) in [6, 6.07) is 18.8. The molecule has 2 aliphatic rings. The zero-order chi connectivity index (χ0) is 21.5. The third-order valence-corrected chi connectivity index (χ3v) is 6.17. The average molecular weight is 422 g/mol. The van der Waals surface area contributed by atoms with Gasteiger partial charge in [0.25, 0.3) is 5.91 Å². The molecular formula is C25H31N3O3. The van der Waals surface area contributed by atoms with Crippen molar-refractivity contribution in [3.63, 3.8) is 0 Å². The lowest BCUT2D eigenvalue weighted by atomic mass is 9.99. The summed E-state index contributed by atoms with van der Waals surface area (Å²) in [6.45, 7) is 5.22. The largest absolute Gasteiger partial charge is 0.492 e. The molecule has 0 spiro atoms. The maximum absolute atomic E-state index is 13.3. The van der Waals surface area contributed by atoms with E-state index in [-0.39, 0.29) is 17.9 Å². The number of nitrogens with zero attached hydrogens (tertiary/aromatic N) is 3. The molecule has 2 aromatic rings. The van der Waals surface area contributed by atoms with Crippen molar-refractivity contribution in [1.29, 1.82) is 0 Å². The van der Waals surface area contributed by atoms with E-state index in [9.17, 15) is 9.59 Å². The van der Waals surface area contributed by atoms with Crippen LogP contribution in [-0.4, -0.2) is 78.4 Å². The van der Waals surface area contributed by atoms with E-state index in [0.717, 1.165) is 44.6 Å². The lowest BCUT2D eigenvalue weighted by Crippen LogP contribution is -2.57. The van der Waals surface area contributed by atoms with E-state index in [1.807, 2.05) is 65.6 Å². The van der Waals surface area contributed by atoms with Gasteiger partial charge in [-0.15, -0.1) is 0 Å². The van der Waals surface area contributed by atoms with Crippen LogP contribution in [0.4, 0.5) is 0 Å². The first kappa shape index (κ1) is 21.4. The van der Waals surface area contributed by atoms with Gasteiger partial charge in [0.05, 0.1) is 0 Å². The number of hydrogen-bond donors (Lipinski definition) is 0. The van der Waals surface area contributed by atoms with Gasteiger partial charge in [-0.2, -0.15) is 0 Å². The first-order chi connectivity index (χ1) is 15.2. The number of amides is 2. The molecular weight excluding hydrogens is 390 g/mol. The molecule has 0 saturated carbocycles. The first-order valence-electron chi connectivity index (χ1n) is 11.3. The van der Waals surface area contributed by atoms with Crippen molar-refractivity contribution in [3.8, 4) is 5.75 Å². The fraction of sp³-hybridized carbons (Fsp3) is 0.440. The Hall–Kier alpha value is -2.86. The Bertz CT molecular complexity index is 851. The van der Waals surface area contributed by atoms with Gasteiger partial charge < -0.3 is 14.5 Å². The van der Waals surface area contributed by atoms with Gasteiger partial charge in [0.1, 0.15) is 18.4 Å². The Kier molecular flexibility index (Phi) is 7.20. The standard InChI is InChI=1S/C25H31N3O3/c29-24(21-9-3-1-4-10-21)28-14-8-7-13-23(28)25(30)27-17-15-26(16-18-27)19-20-31-22-11-5-2-6-12-22/h1-6,9-12,23H,7-8,13-20H2. The van der Waals surface area contributed by atoms with Gasteiger partial charge in [0.2, 0.25) is 5.91 Å². The molecule has 0 aliphatic carbocycles. The Morgan fingerprint density at radius 1 is 0.839 bits per heavy atom. The van der Waals surface area contributed by atoms with Crippen LogP contribution in [0.3, 0.4) is 0 Å². The van der Waals surface area contributed by atoms with Gasteiger partial charge in [-0.05, 0) is 43.5 Å². The van der Waals surface area contributed by atoms with Crippen molar-refractivity contribution in [2.45, 2.75) is 25.3 Å². The predicted molar refractivity (Wildman–Crippen MR) is 120 cm³/mol. The fourth-order valence-corrected chi connectivity index (χ4v) is 4.39. The number of piperazine rings is 1. The molecule has 31 heavy (non-hydrogen) atoms. The molecule has 0 radical (unpaired) electrons. The molecule has 2 aliphatic heterocycles. The molecule has 2 aromatic carbocycles. The zero-order valence-corrected chi connectivity index (χ0v) is 18.0. The number of hydrogen-bond acceptors (Lipinski definition) is 4. The number of rotatable bonds is 6. The fourth-order valence-electron chi connectivity index (χ4n) is 4.39. The van der Waals surface area contributed by atoms with Crippen LogP contribution in [-0.2, 0) is 4.79 Å². The quantitative estimate of drug-likeness (QED) is 0.720. The maximum atomic E-state index is 13.3. The van der Waals surface area contributed by atoms with Crippen molar-refractivity contribution < 1.29 is 14.3 Å². The average Bonchev–Trinajstić information content (AvgIpc) is 2.85. The van der Waals surface area contributed by atoms with Crippen LogP contribution in [0.2, 0.25) is 0 Å². The summed E-state index contributed by atoms with van der Waals surface area (Å²) < 4.78 is 5.79. The molecule has 2 heterocycles. The Labute approximate surface area is 184 Å². The van der Waals surface area contributed by atoms with Crippen LogP contribution in [0, 0.1) is 0 Å². The summed E-state index contributed by atoms with van der Waals surface area (Å²) >= 11 is 0. The van der Waals surface area contributed by atoms with E-state index in [2.05, 4.69) is 4.90 Å². The summed E-state index contributed by atoms with van der Waals surface area (Å²) in [5.41, 5.74) is 0.658. The summed E-state index contributed by atoms with van der Waals surface area (Å²) in [5, 5.41) is 0. The number of carbonyl (C=O) groups excluding carboxylic acids is 2. The normalized spacial score (nSPS) is 19.8. The van der Waals surface area contributed by atoms with E-state index >= 15 is 0 Å². The summed E-state index contributed by atoms with van der Waals surface area (Å²) in [4.78, 5) is 32.4. The molecule has 2 fully saturated rings. The summed E-state index contributed by atoms with van der Waals surface area (Å²) in [7, 11) is 0. The number of benzene rings is 2. The second kappa shape index (κ2) is 10.4. The molecule has 164 valence electrons. The number of piperidine rings is 1. The Balaban J connectivity index is 1.28. The highest BCUT2D eigenvalue weighted by Crippen LogP contribution is 2.22. The van der Waals surface area contributed by atoms with Gasteiger partial charge in [-0.1, -0.05) is 36.4 Å². The van der Waals surface area contributed by atoms with E-state index < -0.39 is 0 Å². The third kappa shape index (κ3) is 5.44. The first-order valence-corrected chi connectivity index (χ1v) is 11.3. The molecule has 0 aromatic heterocycles. The summed E-state index contributed by atoms with van der Waals surface area (Å²) in [6.07, 6.45) is 2.70. The second-order valence-electron chi connectivity index (χ2n) is 8.20. The van der Waals surface area contributed by atoms with Crippen LogP contribution in [0.15, 0.2) is 60.7 Å².